The van der Waals surface area contributed by atoms with Crippen molar-refractivity contribution in [3.8, 4) is 0 Å². The predicted molar refractivity (Wildman–Crippen MR) is 104 cm³/mol. The summed E-state index contributed by atoms with van der Waals surface area (Å²) in [5.74, 6) is 0. The highest BCUT2D eigenvalue weighted by Crippen LogP contribution is 2.30. The van der Waals surface area contributed by atoms with E-state index in [1.807, 2.05) is 24.3 Å². The Labute approximate surface area is 152 Å². The molecule has 1 aromatic heterocycles. The van der Waals surface area contributed by atoms with Crippen LogP contribution in [-0.2, 0) is 0 Å². The maximum absolute atomic E-state index is 11.0. The molecule has 0 spiro atoms. The first-order valence-corrected chi connectivity index (χ1v) is 8.71. The van der Waals surface area contributed by atoms with Gasteiger partial charge in [-0.25, -0.2) is 4.98 Å². The van der Waals surface area contributed by atoms with Gasteiger partial charge in [0.25, 0.3) is 5.69 Å². The zero-order valence-corrected chi connectivity index (χ0v) is 14.4. The Balaban J connectivity index is 1.73. The van der Waals surface area contributed by atoms with Crippen LogP contribution in [0.3, 0.4) is 0 Å². The Morgan fingerprint density at radius 3 is 2.76 bits per heavy atom. The summed E-state index contributed by atoms with van der Waals surface area (Å²) in [6.07, 6.45) is 3.68. The molecular formula is C19H11ClN2O2S. The van der Waals surface area contributed by atoms with E-state index in [9.17, 15) is 10.1 Å². The molecule has 1 heterocycles. The van der Waals surface area contributed by atoms with Gasteiger partial charge in [0.15, 0.2) is 0 Å². The van der Waals surface area contributed by atoms with Crippen LogP contribution in [0.5, 0.6) is 0 Å². The molecule has 4 nitrogen and oxygen atoms in total. The zero-order chi connectivity index (χ0) is 17.4. The minimum absolute atomic E-state index is 0.0980. The van der Waals surface area contributed by atoms with E-state index in [-0.39, 0.29) is 10.7 Å². The molecule has 0 aliphatic carbocycles. The van der Waals surface area contributed by atoms with Gasteiger partial charge in [0.2, 0.25) is 0 Å². The third kappa shape index (κ3) is 2.99. The van der Waals surface area contributed by atoms with E-state index in [0.717, 1.165) is 26.0 Å². The summed E-state index contributed by atoms with van der Waals surface area (Å²) < 4.78 is 1.11. The second-order valence-corrected chi connectivity index (χ2v) is 6.96. The fraction of sp³-hybridized carbons (Fsp3) is 0. The topological polar surface area (TPSA) is 56.0 Å². The van der Waals surface area contributed by atoms with E-state index in [2.05, 4.69) is 24.3 Å². The summed E-state index contributed by atoms with van der Waals surface area (Å²) in [7, 11) is 0. The lowest BCUT2D eigenvalue weighted by Gasteiger charge is -1.97. The van der Waals surface area contributed by atoms with E-state index < -0.39 is 4.92 Å². The predicted octanol–water partition coefficient (Wildman–Crippen LogP) is 6.18. The van der Waals surface area contributed by atoms with Gasteiger partial charge >= 0.3 is 0 Å². The molecule has 0 saturated heterocycles. The number of hydrogen-bond acceptors (Lipinski definition) is 4. The second kappa shape index (κ2) is 6.27. The number of aromatic nitrogens is 1. The molecule has 0 aliphatic rings. The van der Waals surface area contributed by atoms with Crippen LogP contribution >= 0.6 is 22.9 Å². The minimum atomic E-state index is -0.483. The number of fused-ring (bicyclic) bond motifs is 3. The van der Waals surface area contributed by atoms with Crippen molar-refractivity contribution in [2.75, 3.05) is 0 Å². The van der Waals surface area contributed by atoms with E-state index in [0.29, 0.717) is 5.56 Å². The van der Waals surface area contributed by atoms with Crippen LogP contribution in [-0.4, -0.2) is 9.91 Å². The fourth-order valence-electron chi connectivity index (χ4n) is 2.69. The number of hydrogen-bond donors (Lipinski definition) is 0. The molecule has 0 fully saturated rings. The molecule has 0 radical (unpaired) electrons. The summed E-state index contributed by atoms with van der Waals surface area (Å²) in [6, 6.07) is 17.0. The Hall–Kier alpha value is -2.76. The van der Waals surface area contributed by atoms with Crippen LogP contribution in [0.1, 0.15) is 10.6 Å². The van der Waals surface area contributed by atoms with Crippen molar-refractivity contribution in [3.63, 3.8) is 0 Å². The van der Waals surface area contributed by atoms with Gasteiger partial charge in [0.05, 0.1) is 15.1 Å². The Morgan fingerprint density at radius 2 is 1.92 bits per heavy atom. The lowest BCUT2D eigenvalue weighted by Crippen LogP contribution is -1.89. The van der Waals surface area contributed by atoms with Gasteiger partial charge in [0, 0.05) is 11.5 Å². The van der Waals surface area contributed by atoms with Gasteiger partial charge < -0.3 is 0 Å². The van der Waals surface area contributed by atoms with Crippen LogP contribution in [0.2, 0.25) is 5.02 Å². The number of thiazole rings is 1. The molecule has 0 atom stereocenters. The first kappa shape index (κ1) is 15.7. The maximum atomic E-state index is 11.0. The number of nitro benzene ring substituents is 1. The lowest BCUT2D eigenvalue weighted by atomic mass is 10.1. The molecule has 0 unspecified atom stereocenters. The summed E-state index contributed by atoms with van der Waals surface area (Å²) in [5.41, 5.74) is 1.59. The van der Waals surface area contributed by atoms with Gasteiger partial charge in [-0.3, -0.25) is 10.1 Å². The van der Waals surface area contributed by atoms with E-state index in [4.69, 9.17) is 16.6 Å². The van der Waals surface area contributed by atoms with Crippen molar-refractivity contribution in [1.29, 1.82) is 0 Å². The number of rotatable bonds is 3. The standard InChI is InChI=1S/C19H11ClN2O2S/c20-15-8-5-12(11-16(15)22(23)24)6-10-18-21-19-14-4-2-1-3-13(14)7-9-17(19)25-18/h1-11H/b10-6+. The van der Waals surface area contributed by atoms with Crippen LogP contribution in [0.4, 0.5) is 5.69 Å². The van der Waals surface area contributed by atoms with Crippen LogP contribution in [0.25, 0.3) is 33.1 Å². The Bertz CT molecular complexity index is 1150. The smallest absolute Gasteiger partial charge is 0.258 e. The van der Waals surface area contributed by atoms with Gasteiger partial charge in [-0.15, -0.1) is 11.3 Å². The summed E-state index contributed by atoms with van der Waals surface area (Å²) >= 11 is 7.43. The second-order valence-electron chi connectivity index (χ2n) is 5.49. The van der Waals surface area contributed by atoms with Gasteiger partial charge in [-0.2, -0.15) is 0 Å². The number of nitrogens with zero attached hydrogens (tertiary/aromatic N) is 2. The molecule has 0 bridgehead atoms. The monoisotopic (exact) mass is 366 g/mol. The largest absolute Gasteiger partial charge is 0.288 e. The fourth-order valence-corrected chi connectivity index (χ4v) is 3.76. The summed E-state index contributed by atoms with van der Waals surface area (Å²) in [6.45, 7) is 0. The molecule has 0 N–H and O–H groups in total. The summed E-state index contributed by atoms with van der Waals surface area (Å²) in [4.78, 5) is 15.2. The third-order valence-corrected chi connectivity index (χ3v) is 5.19. The van der Waals surface area contributed by atoms with Crippen molar-refractivity contribution in [2.24, 2.45) is 0 Å². The van der Waals surface area contributed by atoms with Crippen LogP contribution in [0, 0.1) is 10.1 Å². The van der Waals surface area contributed by atoms with Crippen LogP contribution in [0.15, 0.2) is 54.6 Å². The maximum Gasteiger partial charge on any atom is 0.288 e. The molecule has 0 aliphatic heterocycles. The number of benzene rings is 3. The van der Waals surface area contributed by atoms with E-state index >= 15 is 0 Å². The molecule has 0 amide bonds. The molecular weight excluding hydrogens is 356 g/mol. The SMILES string of the molecule is O=[N+]([O-])c1cc(/C=C/c2nc3c(ccc4ccccc43)s2)ccc1Cl. The van der Waals surface area contributed by atoms with E-state index in [1.165, 1.54) is 12.1 Å². The van der Waals surface area contributed by atoms with E-state index in [1.54, 1.807) is 17.4 Å². The highest BCUT2D eigenvalue weighted by Gasteiger charge is 2.12. The third-order valence-electron chi connectivity index (χ3n) is 3.89. The lowest BCUT2D eigenvalue weighted by molar-refractivity contribution is -0.384. The highest BCUT2D eigenvalue weighted by molar-refractivity contribution is 7.19. The molecule has 122 valence electrons. The minimum Gasteiger partial charge on any atom is -0.258 e. The zero-order valence-electron chi connectivity index (χ0n) is 12.8. The normalized spacial score (nSPS) is 11.6. The van der Waals surface area contributed by atoms with Gasteiger partial charge in [0.1, 0.15) is 10.0 Å². The van der Waals surface area contributed by atoms with Crippen molar-refractivity contribution in [1.82, 2.24) is 4.98 Å². The first-order chi connectivity index (χ1) is 12.1. The Kier molecular flexibility index (Phi) is 3.95. The van der Waals surface area contributed by atoms with Crippen LogP contribution < -0.4 is 0 Å². The van der Waals surface area contributed by atoms with Crippen molar-refractivity contribution >= 4 is 61.8 Å². The Morgan fingerprint density at radius 1 is 1.08 bits per heavy atom. The average molecular weight is 367 g/mol. The van der Waals surface area contributed by atoms with Gasteiger partial charge in [-0.05, 0) is 29.2 Å². The molecule has 3 aromatic carbocycles. The summed E-state index contributed by atoms with van der Waals surface area (Å²) in [5, 5.41) is 14.2. The quantitative estimate of drug-likeness (QED) is 0.321. The molecule has 4 rings (SSSR count). The number of halogens is 1. The molecule has 0 saturated carbocycles. The number of nitro groups is 1. The molecule has 25 heavy (non-hydrogen) atoms. The van der Waals surface area contributed by atoms with Crippen molar-refractivity contribution in [3.05, 3.63) is 80.3 Å². The van der Waals surface area contributed by atoms with Crippen molar-refractivity contribution < 1.29 is 4.92 Å². The van der Waals surface area contributed by atoms with Crippen molar-refractivity contribution in [2.45, 2.75) is 0 Å². The molecule has 4 aromatic rings. The van der Waals surface area contributed by atoms with Gasteiger partial charge in [-0.1, -0.05) is 54.1 Å². The average Bonchev–Trinajstić information content (AvgIpc) is 3.04. The highest BCUT2D eigenvalue weighted by atomic mass is 35.5. The first-order valence-electron chi connectivity index (χ1n) is 7.52. The molecule has 6 heteroatoms.